The van der Waals surface area contributed by atoms with Gasteiger partial charge in [-0.05, 0) is 73.7 Å². The molecule has 0 bridgehead atoms. The summed E-state index contributed by atoms with van der Waals surface area (Å²) in [5.41, 5.74) is 4.94. The third-order valence-electron chi connectivity index (χ3n) is 4.17. The number of hydrogen-bond acceptors (Lipinski definition) is 3. The highest BCUT2D eigenvalue weighted by Gasteiger charge is 1.99. The summed E-state index contributed by atoms with van der Waals surface area (Å²) in [5, 5.41) is 12.0. The van der Waals surface area contributed by atoms with E-state index in [4.69, 9.17) is 5.11 Å². The van der Waals surface area contributed by atoms with Crippen LogP contribution in [0.2, 0.25) is 0 Å². The van der Waals surface area contributed by atoms with Crippen molar-refractivity contribution in [2.45, 2.75) is 41.0 Å². The van der Waals surface area contributed by atoms with Gasteiger partial charge >= 0.3 is 5.97 Å². The number of carbonyl (C=O) groups is 1. The smallest absolute Gasteiger partial charge is 0.331 e. The fraction of sp³-hybridized carbons (Fsp3) is 0.250. The fourth-order valence-electron chi connectivity index (χ4n) is 2.14. The molecule has 0 saturated carbocycles. The van der Waals surface area contributed by atoms with Gasteiger partial charge in [-0.2, -0.15) is 0 Å². The third kappa shape index (κ3) is 7.49. The van der Waals surface area contributed by atoms with Crippen LogP contribution in [0.15, 0.2) is 71.9 Å². The summed E-state index contributed by atoms with van der Waals surface area (Å²) in [7, 11) is 0. The van der Waals surface area contributed by atoms with E-state index in [1.807, 2.05) is 36.6 Å². The van der Waals surface area contributed by atoms with Gasteiger partial charge in [-0.1, -0.05) is 43.3 Å². The Labute approximate surface area is 172 Å². The minimum absolute atomic E-state index is 0.435. The molecule has 148 valence electrons. The molecule has 28 heavy (non-hydrogen) atoms. The lowest BCUT2D eigenvalue weighted by molar-refractivity contribution is -0.132. The molecule has 0 aliphatic rings. The zero-order valence-electron chi connectivity index (χ0n) is 17.3. The van der Waals surface area contributed by atoms with Crippen molar-refractivity contribution in [3.05, 3.63) is 83.0 Å². The zero-order valence-corrected chi connectivity index (χ0v) is 18.1. The number of fused-ring (bicyclic) bond motifs is 1. The number of rotatable bonds is 3. The first-order valence-corrected chi connectivity index (χ1v) is 10.0. The predicted octanol–water partition coefficient (Wildman–Crippen LogP) is 7.01. The first kappa shape index (κ1) is 23.3. The molecule has 3 aromatic rings. The predicted molar refractivity (Wildman–Crippen MR) is 122 cm³/mol. The summed E-state index contributed by atoms with van der Waals surface area (Å²) < 4.78 is 1.41. The van der Waals surface area contributed by atoms with Crippen molar-refractivity contribution in [3.8, 4) is 0 Å². The number of hydrogen-bond donors (Lipinski definition) is 1. The van der Waals surface area contributed by atoms with E-state index < -0.39 is 5.97 Å². The quantitative estimate of drug-likeness (QED) is 0.485. The molecule has 2 heterocycles. The second-order valence-electron chi connectivity index (χ2n) is 6.56. The van der Waals surface area contributed by atoms with Crippen molar-refractivity contribution in [1.29, 1.82) is 0 Å². The monoisotopic (exact) mass is 395 g/mol. The molecular weight excluding hydrogens is 366 g/mol. The maximum absolute atomic E-state index is 10.1. The number of carboxylic acids is 1. The minimum Gasteiger partial charge on any atom is -0.478 e. The maximum Gasteiger partial charge on any atom is 0.331 e. The van der Waals surface area contributed by atoms with Gasteiger partial charge in [-0.3, -0.25) is 4.98 Å². The maximum atomic E-state index is 10.1. The number of aryl methyl sites for hydroxylation is 1. The van der Waals surface area contributed by atoms with E-state index in [0.717, 1.165) is 23.1 Å². The van der Waals surface area contributed by atoms with Crippen molar-refractivity contribution < 1.29 is 9.90 Å². The Morgan fingerprint density at radius 3 is 2.21 bits per heavy atom. The van der Waals surface area contributed by atoms with E-state index in [2.05, 4.69) is 48.1 Å². The number of pyridine rings is 1. The Kier molecular flexibility index (Phi) is 9.89. The summed E-state index contributed by atoms with van der Waals surface area (Å²) in [6.45, 7) is 13.1. The number of benzene rings is 1. The Morgan fingerprint density at radius 2 is 1.79 bits per heavy atom. The lowest BCUT2D eigenvalue weighted by Gasteiger charge is -1.93. The average molecular weight is 396 g/mol. The van der Waals surface area contributed by atoms with E-state index in [1.165, 1.54) is 15.6 Å². The Bertz CT molecular complexity index is 935. The van der Waals surface area contributed by atoms with E-state index >= 15 is 0 Å². The first-order valence-electron chi connectivity index (χ1n) is 9.16. The minimum atomic E-state index is -0.829. The number of aromatic nitrogens is 1. The van der Waals surface area contributed by atoms with Crippen LogP contribution in [0.3, 0.4) is 0 Å². The Morgan fingerprint density at radius 1 is 1.11 bits per heavy atom. The van der Waals surface area contributed by atoms with Gasteiger partial charge < -0.3 is 5.11 Å². The highest BCUT2D eigenvalue weighted by molar-refractivity contribution is 7.17. The molecule has 3 rings (SSSR count). The van der Waals surface area contributed by atoms with Crippen LogP contribution in [0.5, 0.6) is 0 Å². The summed E-state index contributed by atoms with van der Waals surface area (Å²) in [6.07, 6.45) is 4.71. The molecule has 3 nitrogen and oxygen atoms in total. The van der Waals surface area contributed by atoms with Gasteiger partial charge in [0.15, 0.2) is 0 Å². The number of aliphatic carboxylic acids is 1. The van der Waals surface area contributed by atoms with Crippen molar-refractivity contribution in [1.82, 2.24) is 4.98 Å². The summed E-state index contributed by atoms with van der Waals surface area (Å²) in [4.78, 5) is 14.0. The third-order valence-corrected chi connectivity index (χ3v) is 5.18. The number of allylic oxidation sites excluding steroid dienone is 2. The molecule has 1 aromatic carbocycles. The molecule has 0 spiro atoms. The number of nitrogens with zero attached hydrogens (tertiary/aromatic N) is 1. The standard InChI is InChI=1S/C10H10S.C8H9N.C6H10O2/c1-2-8-7-11-10-6-4-3-5-9(8)10;1-7(2)8-4-3-5-9-6-8;1-4(2)5(3)6(7)8/h3-7H,2H2,1H3;3-6H,1H2,2H3;1-3H3,(H,7,8). The summed E-state index contributed by atoms with van der Waals surface area (Å²) in [6, 6.07) is 12.5. The lowest BCUT2D eigenvalue weighted by atomic mass is 10.1. The van der Waals surface area contributed by atoms with Crippen LogP contribution in [-0.4, -0.2) is 16.1 Å². The van der Waals surface area contributed by atoms with Gasteiger partial charge in [0, 0.05) is 22.7 Å². The molecular formula is C24H29NO2S. The van der Waals surface area contributed by atoms with Gasteiger partial charge in [-0.15, -0.1) is 11.3 Å². The van der Waals surface area contributed by atoms with Crippen LogP contribution in [0, 0.1) is 0 Å². The van der Waals surface area contributed by atoms with Gasteiger partial charge in [-0.25, -0.2) is 4.79 Å². The molecule has 0 aliphatic carbocycles. The largest absolute Gasteiger partial charge is 0.478 e. The average Bonchev–Trinajstić information content (AvgIpc) is 3.12. The van der Waals surface area contributed by atoms with Crippen LogP contribution in [-0.2, 0) is 11.2 Å². The molecule has 4 heteroatoms. The zero-order chi connectivity index (χ0) is 21.1. The molecule has 1 N–H and O–H groups in total. The molecule has 0 atom stereocenters. The summed E-state index contributed by atoms with van der Waals surface area (Å²) >= 11 is 1.84. The lowest BCUT2D eigenvalue weighted by Crippen LogP contribution is -1.97. The SMILES string of the molecule is C=C(C)c1cccnc1.CC(C)=C(C)C(=O)O.CCc1csc2ccccc12. The molecule has 0 amide bonds. The van der Waals surface area contributed by atoms with E-state index in [9.17, 15) is 4.79 Å². The van der Waals surface area contributed by atoms with Gasteiger partial charge in [0.2, 0.25) is 0 Å². The second kappa shape index (κ2) is 11.9. The van der Waals surface area contributed by atoms with Crippen LogP contribution >= 0.6 is 11.3 Å². The topological polar surface area (TPSA) is 50.2 Å². The van der Waals surface area contributed by atoms with Crippen molar-refractivity contribution in [3.63, 3.8) is 0 Å². The highest BCUT2D eigenvalue weighted by Crippen LogP contribution is 2.25. The van der Waals surface area contributed by atoms with E-state index in [-0.39, 0.29) is 0 Å². The van der Waals surface area contributed by atoms with Crippen molar-refractivity contribution >= 4 is 33.0 Å². The van der Waals surface area contributed by atoms with Crippen molar-refractivity contribution in [2.24, 2.45) is 0 Å². The highest BCUT2D eigenvalue weighted by atomic mass is 32.1. The normalized spacial score (nSPS) is 9.46. The first-order chi connectivity index (χ1) is 13.3. The van der Waals surface area contributed by atoms with Crippen LogP contribution < -0.4 is 0 Å². The summed E-state index contributed by atoms with van der Waals surface area (Å²) in [5.74, 6) is -0.829. The number of thiophene rings is 1. The molecule has 2 aromatic heterocycles. The van der Waals surface area contributed by atoms with E-state index in [0.29, 0.717) is 5.57 Å². The molecule has 0 aliphatic heterocycles. The van der Waals surface area contributed by atoms with Gasteiger partial charge in [0.1, 0.15) is 0 Å². The Hall–Kier alpha value is -2.72. The van der Waals surface area contributed by atoms with Gasteiger partial charge in [0.05, 0.1) is 0 Å². The molecule has 0 saturated heterocycles. The Balaban J connectivity index is 0.000000214. The van der Waals surface area contributed by atoms with Crippen molar-refractivity contribution in [2.75, 3.05) is 0 Å². The number of carboxylic acid groups (broad SMARTS) is 1. The molecule has 0 radical (unpaired) electrons. The van der Waals surface area contributed by atoms with E-state index in [1.54, 1.807) is 27.0 Å². The molecule has 0 unspecified atom stereocenters. The second-order valence-corrected chi connectivity index (χ2v) is 7.47. The molecule has 0 fully saturated rings. The van der Waals surface area contributed by atoms with Crippen LogP contribution in [0.25, 0.3) is 15.7 Å². The fourth-order valence-corrected chi connectivity index (χ4v) is 3.18. The van der Waals surface area contributed by atoms with Gasteiger partial charge in [0.25, 0.3) is 0 Å². The van der Waals surface area contributed by atoms with Crippen LogP contribution in [0.1, 0.15) is 45.7 Å². The van der Waals surface area contributed by atoms with Crippen LogP contribution in [0.4, 0.5) is 0 Å².